The van der Waals surface area contributed by atoms with Gasteiger partial charge in [0.1, 0.15) is 5.65 Å². The third-order valence-corrected chi connectivity index (χ3v) is 7.36. The highest BCUT2D eigenvalue weighted by atomic mass is 32.2. The van der Waals surface area contributed by atoms with Gasteiger partial charge in [-0.15, -0.1) is 0 Å². The molecule has 1 fully saturated rings. The summed E-state index contributed by atoms with van der Waals surface area (Å²) in [6.45, 7) is 0.440. The number of carbonyl (C=O) groups is 1. The molecule has 0 aliphatic carbocycles. The molecule has 0 radical (unpaired) electrons. The molecule has 27 heavy (non-hydrogen) atoms. The lowest BCUT2D eigenvalue weighted by atomic mass is 9.84. The Balaban J connectivity index is 1.54. The second kappa shape index (κ2) is 5.61. The highest BCUT2D eigenvalue weighted by Crippen LogP contribution is 2.43. The van der Waals surface area contributed by atoms with E-state index in [4.69, 9.17) is 0 Å². The average Bonchev–Trinajstić information content (AvgIpc) is 3.33. The summed E-state index contributed by atoms with van der Waals surface area (Å²) in [7, 11) is -2.00. The first kappa shape index (κ1) is 16.4. The summed E-state index contributed by atoms with van der Waals surface area (Å²) in [5.41, 5.74) is 2.29. The number of amides is 1. The van der Waals surface area contributed by atoms with Crippen molar-refractivity contribution in [3.05, 3.63) is 54.7 Å². The monoisotopic (exact) mass is 383 g/mol. The summed E-state index contributed by atoms with van der Waals surface area (Å²) < 4.78 is 29.5. The van der Waals surface area contributed by atoms with Crippen LogP contribution in [0.3, 0.4) is 0 Å². The van der Waals surface area contributed by atoms with Gasteiger partial charge in [0.2, 0.25) is 15.9 Å². The van der Waals surface area contributed by atoms with Crippen LogP contribution >= 0.6 is 0 Å². The highest BCUT2D eigenvalue weighted by molar-refractivity contribution is 7.89. The van der Waals surface area contributed by atoms with E-state index >= 15 is 0 Å². The van der Waals surface area contributed by atoms with Crippen molar-refractivity contribution in [1.29, 1.82) is 0 Å². The maximum atomic E-state index is 13.2. The quantitative estimate of drug-likeness (QED) is 0.662. The van der Waals surface area contributed by atoms with Crippen molar-refractivity contribution < 1.29 is 13.2 Å². The molecule has 0 saturated carbocycles. The number of rotatable bonds is 2. The second-order valence-corrected chi connectivity index (χ2v) is 8.86. The minimum Gasteiger partial charge on any atom is -0.315 e. The number of sulfonamides is 1. The topological polar surface area (TPSA) is 87.9 Å². The van der Waals surface area contributed by atoms with Gasteiger partial charge < -0.3 is 9.30 Å². The molecule has 0 bridgehead atoms. The normalized spacial score (nSPS) is 22.9. The lowest BCUT2D eigenvalue weighted by Crippen LogP contribution is -2.41. The van der Waals surface area contributed by atoms with Crippen LogP contribution in [0.4, 0.5) is 5.69 Å². The van der Waals surface area contributed by atoms with Crippen LogP contribution in [0.2, 0.25) is 0 Å². The van der Waals surface area contributed by atoms with Crippen LogP contribution in [0.1, 0.15) is 11.5 Å². The van der Waals surface area contributed by atoms with Crippen molar-refractivity contribution in [2.24, 2.45) is 5.92 Å². The predicted molar refractivity (Wildman–Crippen MR) is 97.8 cm³/mol. The molecule has 2 aliphatic heterocycles. The number of pyridine rings is 2. The molecule has 5 heterocycles. The molecule has 3 aromatic rings. The molecule has 9 heteroatoms. The van der Waals surface area contributed by atoms with Crippen LogP contribution in [-0.2, 0) is 14.8 Å². The third kappa shape index (κ3) is 2.31. The SMILES string of the molecule is CN1C(=O)[C@@H]2CN(S(=O)(=O)c3ccn4ccnc4c3)C[C@@H]2c2cnccc21. The third-order valence-electron chi connectivity index (χ3n) is 5.53. The molecule has 2 atom stereocenters. The van der Waals surface area contributed by atoms with Crippen molar-refractivity contribution in [2.75, 3.05) is 25.0 Å². The molecule has 5 rings (SSSR count). The fourth-order valence-corrected chi connectivity index (χ4v) is 5.59. The smallest absolute Gasteiger partial charge is 0.243 e. The number of aromatic nitrogens is 3. The highest BCUT2D eigenvalue weighted by Gasteiger charge is 2.48. The van der Waals surface area contributed by atoms with Crippen molar-refractivity contribution >= 4 is 27.3 Å². The Morgan fingerprint density at radius 3 is 2.78 bits per heavy atom. The Labute approximate surface area is 156 Å². The standard InChI is InChI=1S/C18H17N5O3S/c1-21-16-2-4-19-9-13(16)14-10-23(11-15(14)18(21)24)27(25,26)12-3-6-22-7-5-20-17(22)8-12/h2-9,14-15H,10-11H2,1H3/t14-,15-/m1/s1. The van der Waals surface area contributed by atoms with E-state index in [0.717, 1.165) is 11.3 Å². The van der Waals surface area contributed by atoms with Gasteiger partial charge in [-0.1, -0.05) is 0 Å². The molecule has 3 aromatic heterocycles. The molecule has 8 nitrogen and oxygen atoms in total. The van der Waals surface area contributed by atoms with Gasteiger partial charge in [0.15, 0.2) is 0 Å². The van der Waals surface area contributed by atoms with Gasteiger partial charge in [0.05, 0.1) is 10.8 Å². The largest absolute Gasteiger partial charge is 0.315 e. The van der Waals surface area contributed by atoms with E-state index in [-0.39, 0.29) is 29.8 Å². The fourth-order valence-electron chi connectivity index (χ4n) is 4.09. The van der Waals surface area contributed by atoms with Crippen LogP contribution in [-0.4, -0.2) is 53.1 Å². The van der Waals surface area contributed by atoms with Crippen LogP contribution in [0.25, 0.3) is 5.65 Å². The van der Waals surface area contributed by atoms with Gasteiger partial charge in [0.25, 0.3) is 0 Å². The van der Waals surface area contributed by atoms with E-state index in [2.05, 4.69) is 9.97 Å². The van der Waals surface area contributed by atoms with Gasteiger partial charge in [-0.3, -0.25) is 9.78 Å². The molecule has 2 aliphatic rings. The first-order valence-electron chi connectivity index (χ1n) is 8.61. The summed E-state index contributed by atoms with van der Waals surface area (Å²) in [6, 6.07) is 4.92. The predicted octanol–water partition coefficient (Wildman–Crippen LogP) is 1.11. The molecule has 1 amide bonds. The van der Waals surface area contributed by atoms with Crippen LogP contribution in [0.15, 0.2) is 54.1 Å². The lowest BCUT2D eigenvalue weighted by molar-refractivity contribution is -0.122. The Kier molecular flexibility index (Phi) is 3.40. The Bertz CT molecular complexity index is 1170. The van der Waals surface area contributed by atoms with E-state index in [0.29, 0.717) is 5.65 Å². The number of anilines is 1. The van der Waals surface area contributed by atoms with E-state index in [1.165, 1.54) is 4.31 Å². The van der Waals surface area contributed by atoms with E-state index in [1.807, 2.05) is 0 Å². The molecule has 138 valence electrons. The zero-order valence-electron chi connectivity index (χ0n) is 14.6. The van der Waals surface area contributed by atoms with Gasteiger partial charge in [0, 0.05) is 68.8 Å². The average molecular weight is 383 g/mol. The van der Waals surface area contributed by atoms with Crippen molar-refractivity contribution in [1.82, 2.24) is 18.7 Å². The van der Waals surface area contributed by atoms with Gasteiger partial charge in [-0.25, -0.2) is 13.4 Å². The van der Waals surface area contributed by atoms with Gasteiger partial charge in [-0.05, 0) is 17.7 Å². The maximum Gasteiger partial charge on any atom is 0.243 e. The van der Waals surface area contributed by atoms with Crippen LogP contribution in [0, 0.1) is 5.92 Å². The minimum absolute atomic E-state index is 0.0555. The summed E-state index contributed by atoms with van der Waals surface area (Å²) in [6.07, 6.45) is 8.44. The zero-order valence-corrected chi connectivity index (χ0v) is 15.4. The van der Waals surface area contributed by atoms with Crippen LogP contribution in [0.5, 0.6) is 0 Å². The number of hydrogen-bond donors (Lipinski definition) is 0. The molecule has 0 spiro atoms. The molecular formula is C18H17N5O3S. The first-order chi connectivity index (χ1) is 13.0. The fraction of sp³-hybridized carbons (Fsp3) is 0.278. The molecule has 0 aromatic carbocycles. The summed E-state index contributed by atoms with van der Waals surface area (Å²) in [4.78, 5) is 22.9. The summed E-state index contributed by atoms with van der Waals surface area (Å²) in [5, 5.41) is 0. The molecule has 0 unspecified atom stereocenters. The summed E-state index contributed by atoms with van der Waals surface area (Å²) >= 11 is 0. The number of nitrogens with zero attached hydrogens (tertiary/aromatic N) is 5. The lowest BCUT2D eigenvalue weighted by Gasteiger charge is -2.32. The van der Waals surface area contributed by atoms with Crippen molar-refractivity contribution in [2.45, 2.75) is 10.8 Å². The number of fused-ring (bicyclic) bond motifs is 4. The number of imidazole rings is 1. The first-order valence-corrected chi connectivity index (χ1v) is 10.0. The Hall–Kier alpha value is -2.78. The maximum absolute atomic E-state index is 13.2. The Morgan fingerprint density at radius 1 is 1.11 bits per heavy atom. The summed E-state index contributed by atoms with van der Waals surface area (Å²) in [5.74, 6) is -0.626. The van der Waals surface area contributed by atoms with E-state index < -0.39 is 15.9 Å². The van der Waals surface area contributed by atoms with E-state index in [9.17, 15) is 13.2 Å². The van der Waals surface area contributed by atoms with Crippen LogP contribution < -0.4 is 4.90 Å². The van der Waals surface area contributed by atoms with Gasteiger partial charge in [-0.2, -0.15) is 4.31 Å². The molecular weight excluding hydrogens is 366 g/mol. The number of hydrogen-bond acceptors (Lipinski definition) is 5. The van der Waals surface area contributed by atoms with Crippen molar-refractivity contribution in [3.8, 4) is 0 Å². The van der Waals surface area contributed by atoms with E-state index in [1.54, 1.807) is 65.5 Å². The zero-order chi connectivity index (χ0) is 18.8. The van der Waals surface area contributed by atoms with Crippen molar-refractivity contribution in [3.63, 3.8) is 0 Å². The molecule has 0 N–H and O–H groups in total. The second-order valence-electron chi connectivity index (χ2n) is 6.92. The Morgan fingerprint density at radius 2 is 1.93 bits per heavy atom. The number of carbonyl (C=O) groups excluding carboxylic acids is 1. The minimum atomic E-state index is -3.72. The van der Waals surface area contributed by atoms with Gasteiger partial charge >= 0.3 is 0 Å². The molecule has 1 saturated heterocycles.